The first kappa shape index (κ1) is 18.4. The van der Waals surface area contributed by atoms with Crippen molar-refractivity contribution < 1.29 is 9.18 Å². The predicted octanol–water partition coefficient (Wildman–Crippen LogP) is 3.86. The quantitative estimate of drug-likeness (QED) is 0.677. The maximum absolute atomic E-state index is 11.5. The predicted molar refractivity (Wildman–Crippen MR) is 73.4 cm³/mol. The van der Waals surface area contributed by atoms with Crippen molar-refractivity contribution in [3.63, 3.8) is 0 Å². The van der Waals surface area contributed by atoms with Crippen molar-refractivity contribution in [3.05, 3.63) is 12.2 Å². The van der Waals surface area contributed by atoms with Crippen LogP contribution in [0.1, 0.15) is 40.5 Å². The van der Waals surface area contributed by atoms with Crippen LogP contribution in [-0.4, -0.2) is 25.7 Å². The number of hydrogen-bond donors (Lipinski definition) is 0. The van der Waals surface area contributed by atoms with Gasteiger partial charge in [0.15, 0.2) is 0 Å². The average molecular weight is 243 g/mol. The molecule has 3 heteroatoms. The zero-order chi connectivity index (χ0) is 13.8. The number of aliphatic imine (C=N–C) groups is 1. The monoisotopic (exact) mass is 243 g/mol. The summed E-state index contributed by atoms with van der Waals surface area (Å²) >= 11 is 0. The standard InChI is InChI=1S/C11H17NO.C2H6.CH3F/c1-4-5-8(2)11-9(12-3)6-7-10(11)13;2*1-2/h4-5,8,11H,6-7H2,1-3H3;1-2H3;1H3/b5-4-,12-9?;;. The van der Waals surface area contributed by atoms with E-state index in [1.54, 1.807) is 7.05 Å². The molecule has 2 nitrogen and oxygen atoms in total. The SMILES string of the molecule is C/C=C\C(C)C1C(=O)CCC1=NC.CC.CF. The van der Waals surface area contributed by atoms with Crippen LogP contribution in [0, 0.1) is 11.8 Å². The van der Waals surface area contributed by atoms with Gasteiger partial charge in [-0.25, -0.2) is 0 Å². The van der Waals surface area contributed by atoms with Crippen molar-refractivity contribution in [2.45, 2.75) is 40.5 Å². The molecule has 0 N–H and O–H groups in total. The summed E-state index contributed by atoms with van der Waals surface area (Å²) in [6, 6.07) is 0. The van der Waals surface area contributed by atoms with Crippen LogP contribution in [0.4, 0.5) is 4.39 Å². The minimum atomic E-state index is 0.0567. The topological polar surface area (TPSA) is 29.4 Å². The third-order valence-electron chi connectivity index (χ3n) is 2.64. The van der Waals surface area contributed by atoms with Crippen molar-refractivity contribution in [1.82, 2.24) is 0 Å². The lowest BCUT2D eigenvalue weighted by Gasteiger charge is -2.14. The Morgan fingerprint density at radius 1 is 1.35 bits per heavy atom. The van der Waals surface area contributed by atoms with Gasteiger partial charge in [0, 0.05) is 19.2 Å². The van der Waals surface area contributed by atoms with Crippen LogP contribution in [0.15, 0.2) is 17.1 Å². The first-order chi connectivity index (χ1) is 8.20. The number of ketones is 1. The molecule has 2 atom stereocenters. The highest BCUT2D eigenvalue weighted by Gasteiger charge is 2.33. The molecule has 1 aliphatic carbocycles. The highest BCUT2D eigenvalue weighted by molar-refractivity contribution is 6.11. The second kappa shape index (κ2) is 11.5. The van der Waals surface area contributed by atoms with Crippen LogP contribution in [0.3, 0.4) is 0 Å². The zero-order valence-corrected chi connectivity index (χ0v) is 12.0. The molecule has 0 saturated heterocycles. The molecule has 0 aromatic rings. The van der Waals surface area contributed by atoms with Crippen molar-refractivity contribution in [2.75, 3.05) is 14.2 Å². The van der Waals surface area contributed by atoms with E-state index < -0.39 is 0 Å². The van der Waals surface area contributed by atoms with E-state index in [1.165, 1.54) is 0 Å². The van der Waals surface area contributed by atoms with Gasteiger partial charge in [0.2, 0.25) is 0 Å². The Labute approximate surface area is 105 Å². The minimum Gasteiger partial charge on any atom is -0.299 e. The maximum Gasteiger partial charge on any atom is 0.142 e. The second-order valence-corrected chi connectivity index (χ2v) is 3.54. The summed E-state index contributed by atoms with van der Waals surface area (Å²) < 4.78 is 9.50. The van der Waals surface area contributed by atoms with Gasteiger partial charge in [0.05, 0.1) is 13.1 Å². The zero-order valence-electron chi connectivity index (χ0n) is 12.0. The molecule has 0 heterocycles. The summed E-state index contributed by atoms with van der Waals surface area (Å²) in [7, 11) is 2.28. The van der Waals surface area contributed by atoms with Gasteiger partial charge in [-0.1, -0.05) is 32.9 Å². The van der Waals surface area contributed by atoms with Gasteiger partial charge in [-0.15, -0.1) is 0 Å². The number of Topliss-reactive ketones (excluding diaryl/α,β-unsaturated/α-hetero) is 1. The molecule has 1 aliphatic rings. The van der Waals surface area contributed by atoms with E-state index in [1.807, 2.05) is 26.8 Å². The Morgan fingerprint density at radius 3 is 2.29 bits per heavy atom. The molecule has 0 aromatic heterocycles. The Balaban J connectivity index is 0. The molecule has 2 unspecified atom stereocenters. The lowest BCUT2D eigenvalue weighted by molar-refractivity contribution is -0.120. The van der Waals surface area contributed by atoms with Crippen LogP contribution in [0.2, 0.25) is 0 Å². The fourth-order valence-corrected chi connectivity index (χ4v) is 2.01. The van der Waals surface area contributed by atoms with Gasteiger partial charge in [-0.05, 0) is 19.3 Å². The molecule has 0 amide bonds. The van der Waals surface area contributed by atoms with E-state index in [-0.39, 0.29) is 5.92 Å². The summed E-state index contributed by atoms with van der Waals surface area (Å²) in [5.41, 5.74) is 1.08. The first-order valence-corrected chi connectivity index (χ1v) is 6.19. The second-order valence-electron chi connectivity index (χ2n) is 3.54. The molecule has 0 bridgehead atoms. The van der Waals surface area contributed by atoms with Crippen LogP contribution >= 0.6 is 0 Å². The van der Waals surface area contributed by atoms with E-state index in [0.717, 1.165) is 12.1 Å². The van der Waals surface area contributed by atoms with Gasteiger partial charge >= 0.3 is 0 Å². The maximum atomic E-state index is 11.5. The van der Waals surface area contributed by atoms with Gasteiger partial charge < -0.3 is 0 Å². The van der Waals surface area contributed by atoms with Crippen LogP contribution in [-0.2, 0) is 4.79 Å². The molecular weight excluding hydrogens is 217 g/mol. The van der Waals surface area contributed by atoms with E-state index in [9.17, 15) is 9.18 Å². The number of carbonyl (C=O) groups excluding carboxylic acids is 1. The van der Waals surface area contributed by atoms with E-state index in [0.29, 0.717) is 25.3 Å². The van der Waals surface area contributed by atoms with Crippen LogP contribution in [0.5, 0.6) is 0 Å². The summed E-state index contributed by atoms with van der Waals surface area (Å²) in [6.07, 6.45) is 5.63. The molecule has 0 aromatic carbocycles. The fraction of sp³-hybridized carbons (Fsp3) is 0.714. The minimum absolute atomic E-state index is 0.0567. The Hall–Kier alpha value is -0.990. The van der Waals surface area contributed by atoms with E-state index in [4.69, 9.17) is 0 Å². The van der Waals surface area contributed by atoms with Crippen LogP contribution in [0.25, 0.3) is 0 Å². The molecule has 0 radical (unpaired) electrons. The number of allylic oxidation sites excluding steroid dienone is 2. The van der Waals surface area contributed by atoms with Gasteiger partial charge in [0.1, 0.15) is 5.78 Å². The van der Waals surface area contributed by atoms with Gasteiger partial charge in [-0.3, -0.25) is 14.2 Å². The van der Waals surface area contributed by atoms with Crippen molar-refractivity contribution in [3.8, 4) is 0 Å². The average Bonchev–Trinajstić information content (AvgIpc) is 2.76. The highest BCUT2D eigenvalue weighted by atomic mass is 19.1. The normalized spacial score (nSPS) is 22.9. The molecular formula is C14H26FNO. The van der Waals surface area contributed by atoms with Crippen LogP contribution < -0.4 is 0 Å². The third kappa shape index (κ3) is 5.76. The molecule has 17 heavy (non-hydrogen) atoms. The molecule has 0 aliphatic heterocycles. The Kier molecular flexibility index (Phi) is 12.4. The van der Waals surface area contributed by atoms with Crippen molar-refractivity contribution >= 4 is 11.5 Å². The number of alkyl halides is 1. The molecule has 0 spiro atoms. The highest BCUT2D eigenvalue weighted by Crippen LogP contribution is 2.26. The molecule has 1 rings (SSSR count). The number of halogens is 1. The molecule has 100 valence electrons. The van der Waals surface area contributed by atoms with Crippen molar-refractivity contribution in [2.24, 2.45) is 16.8 Å². The Bertz CT molecular complexity index is 259. The fourth-order valence-electron chi connectivity index (χ4n) is 2.01. The van der Waals surface area contributed by atoms with E-state index in [2.05, 4.69) is 18.0 Å². The number of carbonyl (C=O) groups is 1. The lowest BCUT2D eigenvalue weighted by Crippen LogP contribution is -2.21. The number of nitrogens with zero attached hydrogens (tertiary/aromatic N) is 1. The molecule has 1 fully saturated rings. The first-order valence-electron chi connectivity index (χ1n) is 6.19. The lowest BCUT2D eigenvalue weighted by atomic mass is 9.90. The van der Waals surface area contributed by atoms with Crippen molar-refractivity contribution in [1.29, 1.82) is 0 Å². The van der Waals surface area contributed by atoms with Gasteiger partial charge in [0.25, 0.3) is 0 Å². The summed E-state index contributed by atoms with van der Waals surface area (Å²) in [4.78, 5) is 15.7. The Morgan fingerprint density at radius 2 is 1.88 bits per heavy atom. The number of rotatable bonds is 2. The number of hydrogen-bond acceptors (Lipinski definition) is 2. The summed E-state index contributed by atoms with van der Waals surface area (Å²) in [5.74, 6) is 0.714. The smallest absolute Gasteiger partial charge is 0.142 e. The largest absolute Gasteiger partial charge is 0.299 e. The summed E-state index contributed by atoms with van der Waals surface area (Å²) in [6.45, 7) is 8.07. The third-order valence-corrected chi connectivity index (χ3v) is 2.64. The van der Waals surface area contributed by atoms with E-state index >= 15 is 0 Å². The van der Waals surface area contributed by atoms with Gasteiger partial charge in [-0.2, -0.15) is 0 Å². The molecule has 1 saturated carbocycles. The summed E-state index contributed by atoms with van der Waals surface area (Å²) in [5, 5.41) is 0.